The monoisotopic (exact) mass is 367 g/mol. The van der Waals surface area contributed by atoms with Crippen molar-refractivity contribution >= 4 is 16.8 Å². The molecule has 0 aliphatic carbocycles. The topological polar surface area (TPSA) is 82.4 Å². The van der Waals surface area contributed by atoms with Gasteiger partial charge in [-0.25, -0.2) is 4.98 Å². The summed E-state index contributed by atoms with van der Waals surface area (Å²) in [6, 6.07) is 14.4. The van der Waals surface area contributed by atoms with Gasteiger partial charge in [-0.2, -0.15) is 0 Å². The first-order valence-electron chi connectivity index (χ1n) is 8.54. The van der Waals surface area contributed by atoms with E-state index in [0.29, 0.717) is 23.3 Å². The van der Waals surface area contributed by atoms with Crippen LogP contribution in [0.1, 0.15) is 16.2 Å². The summed E-state index contributed by atoms with van der Waals surface area (Å²) in [5.74, 6) is 0.312. The van der Waals surface area contributed by atoms with Crippen molar-refractivity contribution in [1.82, 2.24) is 14.9 Å². The van der Waals surface area contributed by atoms with Gasteiger partial charge in [-0.15, -0.1) is 0 Å². The molecule has 7 heteroatoms. The average molecular weight is 367 g/mol. The number of methoxy groups -OCH3 is 2. The number of amides is 1. The molecule has 1 N–H and O–H groups in total. The Bertz CT molecular complexity index is 1010. The van der Waals surface area contributed by atoms with E-state index in [4.69, 9.17) is 9.47 Å². The van der Waals surface area contributed by atoms with Crippen LogP contribution in [0.25, 0.3) is 10.9 Å². The molecule has 0 bridgehead atoms. The van der Waals surface area contributed by atoms with E-state index in [2.05, 4.69) is 10.3 Å². The molecule has 0 radical (unpaired) electrons. The van der Waals surface area contributed by atoms with Crippen LogP contribution in [0.3, 0.4) is 0 Å². The maximum absolute atomic E-state index is 12.8. The molecule has 1 aromatic heterocycles. The van der Waals surface area contributed by atoms with Crippen LogP contribution in [-0.2, 0) is 17.8 Å². The van der Waals surface area contributed by atoms with Crippen LogP contribution in [0.15, 0.2) is 53.3 Å². The summed E-state index contributed by atoms with van der Waals surface area (Å²) in [6.45, 7) is 0.799. The van der Waals surface area contributed by atoms with E-state index < -0.39 is 5.91 Å². The van der Waals surface area contributed by atoms with Crippen LogP contribution < -0.4 is 15.6 Å². The van der Waals surface area contributed by atoms with E-state index in [0.717, 1.165) is 5.56 Å². The lowest BCUT2D eigenvalue weighted by Gasteiger charge is -2.14. The number of ether oxygens (including phenoxy) is 2. The minimum absolute atomic E-state index is 0.0608. The van der Waals surface area contributed by atoms with Crippen LogP contribution in [0.4, 0.5) is 0 Å². The first-order valence-corrected chi connectivity index (χ1v) is 8.54. The minimum atomic E-state index is -0.431. The fourth-order valence-corrected chi connectivity index (χ4v) is 2.83. The predicted octanol–water partition coefficient (Wildman–Crippen LogP) is 1.98. The van der Waals surface area contributed by atoms with Crippen molar-refractivity contribution in [3.05, 3.63) is 70.3 Å². The van der Waals surface area contributed by atoms with E-state index in [-0.39, 0.29) is 24.5 Å². The number of nitrogens with zero attached hydrogens (tertiary/aromatic N) is 2. The summed E-state index contributed by atoms with van der Waals surface area (Å²) in [7, 11) is 3.12. The molecule has 3 aromatic rings. The molecule has 0 saturated heterocycles. The van der Waals surface area contributed by atoms with Crippen molar-refractivity contribution in [2.24, 2.45) is 0 Å². The number of hydrogen-bond donors (Lipinski definition) is 1. The zero-order chi connectivity index (χ0) is 19.2. The quantitative estimate of drug-likeness (QED) is 0.690. The highest BCUT2D eigenvalue weighted by molar-refractivity contribution is 5.93. The Balaban J connectivity index is 1.94. The number of carbonyl (C=O) groups is 1. The molecule has 140 valence electrons. The number of benzene rings is 2. The summed E-state index contributed by atoms with van der Waals surface area (Å²) in [4.78, 5) is 30.0. The van der Waals surface area contributed by atoms with Crippen molar-refractivity contribution < 1.29 is 14.3 Å². The molecule has 7 nitrogen and oxygen atoms in total. The Morgan fingerprint density at radius 1 is 1.11 bits per heavy atom. The van der Waals surface area contributed by atoms with Crippen molar-refractivity contribution in [2.45, 2.75) is 13.1 Å². The summed E-state index contributed by atoms with van der Waals surface area (Å²) in [6.07, 6.45) is 0. The summed E-state index contributed by atoms with van der Waals surface area (Å²) in [5.41, 5.74) is 1.05. The molecule has 0 aliphatic rings. The van der Waals surface area contributed by atoms with Gasteiger partial charge >= 0.3 is 0 Å². The molecule has 0 atom stereocenters. The van der Waals surface area contributed by atoms with Crippen molar-refractivity contribution in [3.8, 4) is 5.75 Å². The highest BCUT2D eigenvalue weighted by atomic mass is 16.5. The first-order chi connectivity index (χ1) is 13.2. The molecule has 0 fully saturated rings. The van der Waals surface area contributed by atoms with Gasteiger partial charge in [-0.1, -0.05) is 30.3 Å². The van der Waals surface area contributed by atoms with Crippen LogP contribution in [0.5, 0.6) is 5.75 Å². The Morgan fingerprint density at radius 3 is 2.63 bits per heavy atom. The number of rotatable bonds is 7. The molecular formula is C20H21N3O4. The standard InChI is InChI=1S/C20H21N3O4/c1-26-12-11-23-18(22-16-9-5-4-8-15(16)20(23)25)19(24)21-13-14-7-3-6-10-17(14)27-2/h3-10H,11-13H2,1-2H3,(H,21,24). The number of aromatic nitrogens is 2. The molecule has 0 aliphatic heterocycles. The lowest BCUT2D eigenvalue weighted by molar-refractivity contribution is 0.0931. The molecule has 0 spiro atoms. The van der Waals surface area contributed by atoms with E-state index in [1.54, 1.807) is 38.5 Å². The number of hydrogen-bond acceptors (Lipinski definition) is 5. The first kappa shape index (κ1) is 18.6. The Labute approximate surface area is 156 Å². The Morgan fingerprint density at radius 2 is 1.85 bits per heavy atom. The number of carbonyl (C=O) groups excluding carboxylic acids is 1. The van der Waals surface area contributed by atoms with Gasteiger partial charge in [0.05, 0.1) is 31.2 Å². The second kappa shape index (κ2) is 8.46. The summed E-state index contributed by atoms with van der Waals surface area (Å²) >= 11 is 0. The third kappa shape index (κ3) is 3.98. The lowest BCUT2D eigenvalue weighted by atomic mass is 10.2. The van der Waals surface area contributed by atoms with E-state index in [9.17, 15) is 9.59 Å². The normalized spacial score (nSPS) is 10.7. The van der Waals surface area contributed by atoms with Gasteiger partial charge in [0, 0.05) is 19.2 Å². The highest BCUT2D eigenvalue weighted by Gasteiger charge is 2.17. The van der Waals surface area contributed by atoms with Crippen LogP contribution in [0, 0.1) is 0 Å². The largest absolute Gasteiger partial charge is 0.496 e. The molecule has 0 saturated carbocycles. The van der Waals surface area contributed by atoms with Gasteiger partial charge in [0.2, 0.25) is 5.82 Å². The van der Waals surface area contributed by atoms with Gasteiger partial charge in [-0.3, -0.25) is 14.2 Å². The van der Waals surface area contributed by atoms with Gasteiger partial charge < -0.3 is 14.8 Å². The Hall–Kier alpha value is -3.19. The smallest absolute Gasteiger partial charge is 0.287 e. The zero-order valence-corrected chi connectivity index (χ0v) is 15.3. The molecule has 3 rings (SSSR count). The second-order valence-corrected chi connectivity index (χ2v) is 5.90. The second-order valence-electron chi connectivity index (χ2n) is 5.90. The molecule has 0 unspecified atom stereocenters. The summed E-state index contributed by atoms with van der Waals surface area (Å²) < 4.78 is 11.7. The molecule has 1 amide bonds. The van der Waals surface area contributed by atoms with Crippen LogP contribution in [-0.4, -0.2) is 36.3 Å². The highest BCUT2D eigenvalue weighted by Crippen LogP contribution is 2.17. The van der Waals surface area contributed by atoms with E-state index in [1.807, 2.05) is 24.3 Å². The van der Waals surface area contributed by atoms with Crippen LogP contribution >= 0.6 is 0 Å². The number of fused-ring (bicyclic) bond motifs is 1. The molecule has 2 aromatic carbocycles. The number of para-hydroxylation sites is 2. The molecule has 1 heterocycles. The molecule has 27 heavy (non-hydrogen) atoms. The number of nitrogens with one attached hydrogen (secondary N) is 1. The maximum Gasteiger partial charge on any atom is 0.287 e. The van der Waals surface area contributed by atoms with Gasteiger partial charge in [-0.05, 0) is 18.2 Å². The third-order valence-corrected chi connectivity index (χ3v) is 4.22. The SMILES string of the molecule is COCCn1c(C(=O)NCc2ccccc2OC)nc2ccccc2c1=O. The lowest BCUT2D eigenvalue weighted by Crippen LogP contribution is -2.34. The summed E-state index contributed by atoms with van der Waals surface area (Å²) in [5, 5.41) is 3.28. The van der Waals surface area contributed by atoms with Gasteiger partial charge in [0.1, 0.15) is 5.75 Å². The van der Waals surface area contributed by atoms with Crippen LogP contribution in [0.2, 0.25) is 0 Å². The fourth-order valence-electron chi connectivity index (χ4n) is 2.83. The van der Waals surface area contributed by atoms with E-state index in [1.165, 1.54) is 4.57 Å². The van der Waals surface area contributed by atoms with Crippen molar-refractivity contribution in [1.29, 1.82) is 0 Å². The zero-order valence-electron chi connectivity index (χ0n) is 15.3. The Kier molecular flexibility index (Phi) is 5.83. The maximum atomic E-state index is 12.8. The van der Waals surface area contributed by atoms with Crippen molar-refractivity contribution in [3.63, 3.8) is 0 Å². The predicted molar refractivity (Wildman–Crippen MR) is 102 cm³/mol. The van der Waals surface area contributed by atoms with E-state index >= 15 is 0 Å². The average Bonchev–Trinajstić information content (AvgIpc) is 2.71. The van der Waals surface area contributed by atoms with Gasteiger partial charge in [0.15, 0.2) is 0 Å². The molecular weight excluding hydrogens is 346 g/mol. The minimum Gasteiger partial charge on any atom is -0.496 e. The van der Waals surface area contributed by atoms with Gasteiger partial charge in [0.25, 0.3) is 11.5 Å². The third-order valence-electron chi connectivity index (χ3n) is 4.22. The fraction of sp³-hybridized carbons (Fsp3) is 0.250. The van der Waals surface area contributed by atoms with Crippen molar-refractivity contribution in [2.75, 3.05) is 20.8 Å².